The Morgan fingerprint density at radius 3 is 3.29 bits per heavy atom. The van der Waals surface area contributed by atoms with Gasteiger partial charge in [-0.25, -0.2) is 4.98 Å². The standard InChI is InChI=1S/C12H15N3S2/c1-8-2-4-13-11-10(8)14-12(16)15(11)6-9-3-5-17-7-9/h2,4,9H,3,5-7H2,1H3,(H,14,16). The molecule has 1 saturated heterocycles. The summed E-state index contributed by atoms with van der Waals surface area (Å²) >= 11 is 7.45. The summed E-state index contributed by atoms with van der Waals surface area (Å²) in [5, 5.41) is 0. The molecule has 3 heterocycles. The van der Waals surface area contributed by atoms with E-state index in [0.717, 1.165) is 28.4 Å². The van der Waals surface area contributed by atoms with Gasteiger partial charge in [0.25, 0.3) is 0 Å². The Hall–Kier alpha value is -0.810. The molecule has 2 aromatic rings. The zero-order valence-corrected chi connectivity index (χ0v) is 11.4. The summed E-state index contributed by atoms with van der Waals surface area (Å²) in [4.78, 5) is 7.74. The van der Waals surface area contributed by atoms with Gasteiger partial charge in [-0.15, -0.1) is 0 Å². The van der Waals surface area contributed by atoms with Gasteiger partial charge in [-0.1, -0.05) is 0 Å². The molecule has 1 atom stereocenters. The van der Waals surface area contributed by atoms with Crippen LogP contribution in [-0.4, -0.2) is 26.0 Å². The van der Waals surface area contributed by atoms with Gasteiger partial charge in [0.2, 0.25) is 0 Å². The number of H-pyrrole nitrogens is 1. The number of rotatable bonds is 2. The highest BCUT2D eigenvalue weighted by molar-refractivity contribution is 7.99. The first-order chi connectivity index (χ1) is 8.25. The molecule has 0 aliphatic carbocycles. The maximum Gasteiger partial charge on any atom is 0.179 e. The molecule has 0 amide bonds. The predicted octanol–water partition coefficient (Wildman–Crippen LogP) is 3.16. The number of nitrogens with zero attached hydrogens (tertiary/aromatic N) is 2. The molecular formula is C12H15N3S2. The smallest absolute Gasteiger partial charge is 0.179 e. The number of pyridine rings is 1. The van der Waals surface area contributed by atoms with Crippen LogP contribution >= 0.6 is 24.0 Å². The third-order valence-corrected chi connectivity index (χ3v) is 4.89. The minimum Gasteiger partial charge on any atom is -0.329 e. The lowest BCUT2D eigenvalue weighted by Gasteiger charge is -2.09. The molecule has 90 valence electrons. The number of aromatic nitrogens is 3. The maximum atomic E-state index is 5.41. The largest absolute Gasteiger partial charge is 0.329 e. The molecule has 1 unspecified atom stereocenters. The third-order valence-electron chi connectivity index (χ3n) is 3.34. The van der Waals surface area contributed by atoms with E-state index in [1.165, 1.54) is 23.5 Å². The van der Waals surface area contributed by atoms with Crippen molar-refractivity contribution in [2.75, 3.05) is 11.5 Å². The van der Waals surface area contributed by atoms with Crippen LogP contribution < -0.4 is 0 Å². The van der Waals surface area contributed by atoms with E-state index >= 15 is 0 Å². The first-order valence-electron chi connectivity index (χ1n) is 5.87. The van der Waals surface area contributed by atoms with Gasteiger partial charge in [-0.2, -0.15) is 11.8 Å². The number of nitrogens with one attached hydrogen (secondary N) is 1. The van der Waals surface area contributed by atoms with E-state index in [1.54, 1.807) is 0 Å². The molecule has 5 heteroatoms. The third kappa shape index (κ3) is 2.02. The second kappa shape index (κ2) is 4.46. The van der Waals surface area contributed by atoms with E-state index in [0.29, 0.717) is 0 Å². The average molecular weight is 265 g/mol. The van der Waals surface area contributed by atoms with E-state index < -0.39 is 0 Å². The van der Waals surface area contributed by atoms with Crippen LogP contribution in [0.2, 0.25) is 0 Å². The summed E-state index contributed by atoms with van der Waals surface area (Å²) in [7, 11) is 0. The molecule has 0 radical (unpaired) electrons. The molecule has 3 rings (SSSR count). The number of aromatic amines is 1. The van der Waals surface area contributed by atoms with Crippen molar-refractivity contribution in [3.63, 3.8) is 0 Å². The van der Waals surface area contributed by atoms with Crippen LogP contribution in [0, 0.1) is 17.6 Å². The number of imidazole rings is 1. The summed E-state index contributed by atoms with van der Waals surface area (Å²) < 4.78 is 2.97. The van der Waals surface area contributed by atoms with Crippen molar-refractivity contribution in [2.45, 2.75) is 19.9 Å². The van der Waals surface area contributed by atoms with Gasteiger partial charge in [-0.05, 0) is 54.6 Å². The van der Waals surface area contributed by atoms with Crippen LogP contribution in [0.15, 0.2) is 12.3 Å². The van der Waals surface area contributed by atoms with E-state index in [9.17, 15) is 0 Å². The number of hydrogen-bond acceptors (Lipinski definition) is 3. The van der Waals surface area contributed by atoms with Crippen LogP contribution in [-0.2, 0) is 6.54 Å². The molecule has 1 fully saturated rings. The molecule has 1 N–H and O–H groups in total. The van der Waals surface area contributed by atoms with Crippen molar-refractivity contribution in [3.05, 3.63) is 22.6 Å². The fraction of sp³-hybridized carbons (Fsp3) is 0.500. The second-order valence-corrected chi connectivity index (χ2v) is 6.13. The summed E-state index contributed by atoms with van der Waals surface area (Å²) in [6.07, 6.45) is 3.16. The molecule has 0 aromatic carbocycles. The van der Waals surface area contributed by atoms with Crippen LogP contribution in [0.5, 0.6) is 0 Å². The van der Waals surface area contributed by atoms with Gasteiger partial charge in [0.1, 0.15) is 0 Å². The lowest BCUT2D eigenvalue weighted by molar-refractivity contribution is 0.496. The molecule has 2 aromatic heterocycles. The van der Waals surface area contributed by atoms with Gasteiger partial charge in [0.15, 0.2) is 10.4 Å². The quantitative estimate of drug-likeness (QED) is 0.847. The predicted molar refractivity (Wildman–Crippen MR) is 75.1 cm³/mol. The van der Waals surface area contributed by atoms with Gasteiger partial charge in [0, 0.05) is 12.7 Å². The Bertz CT molecular complexity index is 593. The molecule has 1 aliphatic heterocycles. The Morgan fingerprint density at radius 2 is 2.53 bits per heavy atom. The van der Waals surface area contributed by atoms with Crippen molar-refractivity contribution in [1.29, 1.82) is 0 Å². The molecular weight excluding hydrogens is 250 g/mol. The molecule has 3 nitrogen and oxygen atoms in total. The molecule has 0 spiro atoms. The van der Waals surface area contributed by atoms with Crippen molar-refractivity contribution in [1.82, 2.24) is 14.5 Å². The van der Waals surface area contributed by atoms with Gasteiger partial charge >= 0.3 is 0 Å². The number of thioether (sulfide) groups is 1. The summed E-state index contributed by atoms with van der Waals surface area (Å²) in [5.41, 5.74) is 3.30. The SMILES string of the molecule is Cc1ccnc2c1[nH]c(=S)n2CC1CCSC1. The van der Waals surface area contributed by atoms with E-state index in [2.05, 4.69) is 21.5 Å². The lowest BCUT2D eigenvalue weighted by atomic mass is 10.1. The van der Waals surface area contributed by atoms with Crippen molar-refractivity contribution in [3.8, 4) is 0 Å². The first-order valence-corrected chi connectivity index (χ1v) is 7.44. The summed E-state index contributed by atoms with van der Waals surface area (Å²) in [6.45, 7) is 3.09. The monoisotopic (exact) mass is 265 g/mol. The van der Waals surface area contributed by atoms with Crippen LogP contribution in [0.1, 0.15) is 12.0 Å². The average Bonchev–Trinajstić information content (AvgIpc) is 2.91. The van der Waals surface area contributed by atoms with Crippen LogP contribution in [0.25, 0.3) is 11.2 Å². The Kier molecular flexibility index (Phi) is 2.96. The van der Waals surface area contributed by atoms with Gasteiger partial charge < -0.3 is 9.55 Å². The molecule has 0 bridgehead atoms. The highest BCUT2D eigenvalue weighted by atomic mass is 32.2. The maximum absolute atomic E-state index is 5.41. The van der Waals surface area contributed by atoms with E-state index in [-0.39, 0.29) is 0 Å². The minimum atomic E-state index is 0.744. The fourth-order valence-corrected chi connectivity index (χ4v) is 3.86. The van der Waals surface area contributed by atoms with Crippen molar-refractivity contribution >= 4 is 35.1 Å². The number of aryl methyl sites for hydroxylation is 1. The summed E-state index contributed by atoms with van der Waals surface area (Å²) in [6, 6.07) is 2.02. The van der Waals surface area contributed by atoms with Gasteiger partial charge in [0.05, 0.1) is 5.52 Å². The normalized spacial score (nSPS) is 20.2. The molecule has 0 saturated carbocycles. The van der Waals surface area contributed by atoms with Crippen molar-refractivity contribution in [2.24, 2.45) is 5.92 Å². The molecule has 1 aliphatic rings. The van der Waals surface area contributed by atoms with Crippen molar-refractivity contribution < 1.29 is 0 Å². The first kappa shape index (κ1) is 11.3. The van der Waals surface area contributed by atoms with E-state index in [4.69, 9.17) is 12.2 Å². The topological polar surface area (TPSA) is 33.6 Å². The zero-order valence-electron chi connectivity index (χ0n) is 9.77. The van der Waals surface area contributed by atoms with Crippen LogP contribution in [0.3, 0.4) is 0 Å². The Balaban J connectivity index is 2.06. The van der Waals surface area contributed by atoms with Gasteiger partial charge in [-0.3, -0.25) is 0 Å². The minimum absolute atomic E-state index is 0.744. The fourth-order valence-electron chi connectivity index (χ4n) is 2.33. The second-order valence-electron chi connectivity index (χ2n) is 4.60. The zero-order chi connectivity index (χ0) is 11.8. The highest BCUT2D eigenvalue weighted by Crippen LogP contribution is 2.26. The Labute approximate surface area is 110 Å². The van der Waals surface area contributed by atoms with Crippen LogP contribution in [0.4, 0.5) is 0 Å². The molecule has 17 heavy (non-hydrogen) atoms. The lowest BCUT2D eigenvalue weighted by Crippen LogP contribution is -2.10. The number of hydrogen-bond donors (Lipinski definition) is 1. The highest BCUT2D eigenvalue weighted by Gasteiger charge is 2.18. The Morgan fingerprint density at radius 1 is 1.65 bits per heavy atom. The van der Waals surface area contributed by atoms with E-state index in [1.807, 2.05) is 24.0 Å². The number of fused-ring (bicyclic) bond motifs is 1. The summed E-state index contributed by atoms with van der Waals surface area (Å²) in [5.74, 6) is 3.28.